The Kier molecular flexibility index (Phi) is 5.20. The van der Waals surface area contributed by atoms with Crippen LogP contribution in [0.2, 0.25) is 0 Å². The molecule has 0 saturated heterocycles. The first-order valence-corrected chi connectivity index (χ1v) is 8.22. The summed E-state index contributed by atoms with van der Waals surface area (Å²) in [5.41, 5.74) is 0.0873. The van der Waals surface area contributed by atoms with Crippen molar-refractivity contribution in [1.82, 2.24) is 14.9 Å². The standard InChI is InChI=1S/C18H17F2N3O3/c19-13-3-1-2-12(16(13)20)10-23(9-7-15(24)25)18(26)14-6-8-21-17(22-14)11-4-5-11/h1-3,6,8,11H,4-5,7,9-10H2,(H,24,25). The highest BCUT2D eigenvalue weighted by Crippen LogP contribution is 2.37. The van der Waals surface area contributed by atoms with E-state index in [2.05, 4.69) is 9.97 Å². The van der Waals surface area contributed by atoms with Gasteiger partial charge in [0.25, 0.3) is 5.91 Å². The van der Waals surface area contributed by atoms with Crippen LogP contribution in [-0.4, -0.2) is 38.4 Å². The summed E-state index contributed by atoms with van der Waals surface area (Å²) in [6.45, 7) is -0.397. The van der Waals surface area contributed by atoms with E-state index in [0.717, 1.165) is 23.8 Å². The second kappa shape index (κ2) is 7.55. The lowest BCUT2D eigenvalue weighted by Crippen LogP contribution is -2.33. The molecule has 1 saturated carbocycles. The van der Waals surface area contributed by atoms with Gasteiger partial charge in [-0.1, -0.05) is 12.1 Å². The van der Waals surface area contributed by atoms with Crippen LogP contribution in [0.25, 0.3) is 0 Å². The average molecular weight is 361 g/mol. The van der Waals surface area contributed by atoms with Crippen molar-refractivity contribution in [3.05, 3.63) is 59.2 Å². The molecule has 136 valence electrons. The first-order chi connectivity index (χ1) is 12.5. The largest absolute Gasteiger partial charge is 0.481 e. The van der Waals surface area contributed by atoms with Crippen molar-refractivity contribution in [3.8, 4) is 0 Å². The third-order valence-electron chi connectivity index (χ3n) is 4.11. The number of benzene rings is 1. The molecule has 26 heavy (non-hydrogen) atoms. The second-order valence-electron chi connectivity index (χ2n) is 6.16. The lowest BCUT2D eigenvalue weighted by molar-refractivity contribution is -0.137. The van der Waals surface area contributed by atoms with Crippen LogP contribution in [0, 0.1) is 11.6 Å². The molecular weight excluding hydrogens is 344 g/mol. The van der Waals surface area contributed by atoms with E-state index in [9.17, 15) is 18.4 Å². The molecule has 3 rings (SSSR count). The number of carbonyl (C=O) groups excluding carboxylic acids is 1. The van der Waals surface area contributed by atoms with Crippen LogP contribution in [0.4, 0.5) is 8.78 Å². The van der Waals surface area contributed by atoms with Crippen molar-refractivity contribution in [1.29, 1.82) is 0 Å². The van der Waals surface area contributed by atoms with Gasteiger partial charge in [0, 0.05) is 30.8 Å². The highest BCUT2D eigenvalue weighted by molar-refractivity contribution is 5.92. The number of aliphatic carboxylic acids is 1. The number of amides is 1. The number of aromatic nitrogens is 2. The summed E-state index contributed by atoms with van der Waals surface area (Å²) in [5, 5.41) is 8.91. The summed E-state index contributed by atoms with van der Waals surface area (Å²) >= 11 is 0. The zero-order valence-electron chi connectivity index (χ0n) is 13.9. The van der Waals surface area contributed by atoms with E-state index >= 15 is 0 Å². The molecule has 0 aliphatic heterocycles. The van der Waals surface area contributed by atoms with Gasteiger partial charge in [0.05, 0.1) is 6.42 Å². The molecule has 2 aromatic rings. The quantitative estimate of drug-likeness (QED) is 0.820. The molecule has 6 nitrogen and oxygen atoms in total. The monoisotopic (exact) mass is 361 g/mol. The predicted octanol–water partition coefficient (Wildman–Crippen LogP) is 2.75. The van der Waals surface area contributed by atoms with Gasteiger partial charge in [0.1, 0.15) is 11.5 Å². The maximum atomic E-state index is 14.0. The van der Waals surface area contributed by atoms with Crippen LogP contribution in [-0.2, 0) is 11.3 Å². The Morgan fingerprint density at radius 2 is 2.00 bits per heavy atom. The van der Waals surface area contributed by atoms with Crippen LogP contribution < -0.4 is 0 Å². The van der Waals surface area contributed by atoms with Gasteiger partial charge < -0.3 is 10.0 Å². The van der Waals surface area contributed by atoms with Gasteiger partial charge in [0.2, 0.25) is 0 Å². The Morgan fingerprint density at radius 3 is 2.69 bits per heavy atom. The minimum absolute atomic E-state index is 0.0276. The van der Waals surface area contributed by atoms with Crippen molar-refractivity contribution in [3.63, 3.8) is 0 Å². The molecule has 0 spiro atoms. The van der Waals surface area contributed by atoms with Crippen LogP contribution in [0.5, 0.6) is 0 Å². The minimum Gasteiger partial charge on any atom is -0.481 e. The third-order valence-corrected chi connectivity index (χ3v) is 4.11. The highest BCUT2D eigenvalue weighted by atomic mass is 19.2. The predicted molar refractivity (Wildman–Crippen MR) is 87.4 cm³/mol. The van der Waals surface area contributed by atoms with Crippen LogP contribution >= 0.6 is 0 Å². The normalized spacial score (nSPS) is 13.5. The van der Waals surface area contributed by atoms with E-state index in [1.54, 1.807) is 0 Å². The van der Waals surface area contributed by atoms with Crippen molar-refractivity contribution in [2.24, 2.45) is 0 Å². The molecule has 1 amide bonds. The molecule has 1 aromatic carbocycles. The highest BCUT2D eigenvalue weighted by Gasteiger charge is 2.28. The lowest BCUT2D eigenvalue weighted by atomic mass is 10.1. The summed E-state index contributed by atoms with van der Waals surface area (Å²) in [6, 6.07) is 5.11. The molecular formula is C18H17F2N3O3. The van der Waals surface area contributed by atoms with Gasteiger partial charge in [0.15, 0.2) is 11.6 Å². The van der Waals surface area contributed by atoms with Gasteiger partial charge in [-0.3, -0.25) is 9.59 Å². The van der Waals surface area contributed by atoms with Crippen LogP contribution in [0.15, 0.2) is 30.5 Å². The maximum absolute atomic E-state index is 14.0. The number of nitrogens with zero attached hydrogens (tertiary/aromatic N) is 3. The summed E-state index contributed by atoms with van der Waals surface area (Å²) in [7, 11) is 0. The molecule has 0 radical (unpaired) electrons. The Bertz CT molecular complexity index is 840. The summed E-state index contributed by atoms with van der Waals surface area (Å²) in [4.78, 5) is 33.2. The van der Waals surface area contributed by atoms with Crippen molar-refractivity contribution >= 4 is 11.9 Å². The molecule has 0 bridgehead atoms. The maximum Gasteiger partial charge on any atom is 0.305 e. The number of carboxylic acids is 1. The Balaban J connectivity index is 1.84. The summed E-state index contributed by atoms with van der Waals surface area (Å²) in [5.74, 6) is -2.89. The van der Waals surface area contributed by atoms with Gasteiger partial charge in [-0.05, 0) is 25.0 Å². The first kappa shape index (κ1) is 17.9. The Hall–Kier alpha value is -2.90. The summed E-state index contributed by atoms with van der Waals surface area (Å²) < 4.78 is 27.4. The fourth-order valence-corrected chi connectivity index (χ4v) is 2.55. The number of hydrogen-bond donors (Lipinski definition) is 1. The average Bonchev–Trinajstić information content (AvgIpc) is 3.46. The van der Waals surface area contributed by atoms with E-state index in [4.69, 9.17) is 5.11 Å². The number of carbonyl (C=O) groups is 2. The zero-order chi connectivity index (χ0) is 18.7. The van der Waals surface area contributed by atoms with Gasteiger partial charge in [-0.2, -0.15) is 0 Å². The topological polar surface area (TPSA) is 83.4 Å². The van der Waals surface area contributed by atoms with Gasteiger partial charge in [-0.15, -0.1) is 0 Å². The number of rotatable bonds is 7. The molecule has 1 aromatic heterocycles. The lowest BCUT2D eigenvalue weighted by Gasteiger charge is -2.22. The molecule has 0 unspecified atom stereocenters. The van der Waals surface area contributed by atoms with Crippen LogP contribution in [0.3, 0.4) is 0 Å². The molecule has 1 aliphatic carbocycles. The van der Waals surface area contributed by atoms with Crippen molar-refractivity contribution in [2.45, 2.75) is 31.7 Å². The number of hydrogen-bond acceptors (Lipinski definition) is 4. The Morgan fingerprint density at radius 1 is 1.23 bits per heavy atom. The van der Waals surface area contributed by atoms with Crippen LogP contribution in [0.1, 0.15) is 47.1 Å². The van der Waals surface area contributed by atoms with Crippen molar-refractivity contribution in [2.75, 3.05) is 6.54 Å². The van der Waals surface area contributed by atoms with E-state index in [1.807, 2.05) is 0 Å². The first-order valence-electron chi connectivity index (χ1n) is 8.22. The fraction of sp³-hybridized carbons (Fsp3) is 0.333. The number of halogens is 2. The SMILES string of the molecule is O=C(O)CCN(Cc1cccc(F)c1F)C(=O)c1ccnc(C2CC2)n1. The van der Waals surface area contributed by atoms with E-state index in [1.165, 1.54) is 24.4 Å². The summed E-state index contributed by atoms with van der Waals surface area (Å²) in [6.07, 6.45) is 3.10. The minimum atomic E-state index is -1.09. The smallest absolute Gasteiger partial charge is 0.305 e. The van der Waals surface area contributed by atoms with Gasteiger partial charge in [-0.25, -0.2) is 18.7 Å². The van der Waals surface area contributed by atoms with E-state index in [-0.39, 0.29) is 36.7 Å². The molecule has 1 fully saturated rings. The fourth-order valence-electron chi connectivity index (χ4n) is 2.55. The molecule has 1 aliphatic rings. The zero-order valence-corrected chi connectivity index (χ0v) is 13.9. The number of carboxylic acid groups (broad SMARTS) is 1. The molecule has 8 heteroatoms. The molecule has 1 heterocycles. The van der Waals surface area contributed by atoms with Gasteiger partial charge >= 0.3 is 5.97 Å². The van der Waals surface area contributed by atoms with E-state index in [0.29, 0.717) is 5.82 Å². The molecule has 0 atom stereocenters. The Labute approximate surface area is 148 Å². The molecule has 1 N–H and O–H groups in total. The van der Waals surface area contributed by atoms with E-state index < -0.39 is 23.5 Å². The second-order valence-corrected chi connectivity index (χ2v) is 6.16. The van der Waals surface area contributed by atoms with Crippen molar-refractivity contribution < 1.29 is 23.5 Å². The third kappa shape index (κ3) is 4.19.